The fourth-order valence-electron chi connectivity index (χ4n) is 2.54. The molecule has 1 aromatic carbocycles. The van der Waals surface area contributed by atoms with E-state index < -0.39 is 0 Å². The molecule has 4 rings (SSSR count). The number of para-hydroxylation sites is 2. The Morgan fingerprint density at radius 2 is 1.14 bits per heavy atom. The third-order valence-corrected chi connectivity index (χ3v) is 3.46. The van der Waals surface area contributed by atoms with Crippen LogP contribution in [-0.4, -0.2) is 36.6 Å². The molecule has 1 aromatic rings. The lowest BCUT2D eigenvalue weighted by molar-refractivity contribution is -0.189. The molecule has 0 saturated carbocycles. The molecule has 3 aliphatic rings. The first kappa shape index (κ1) is 8.38. The van der Waals surface area contributed by atoms with Crippen LogP contribution in [0.3, 0.4) is 0 Å². The zero-order valence-electron chi connectivity index (χ0n) is 7.93. The highest BCUT2D eigenvalue weighted by molar-refractivity contribution is 5.68. The SMILES string of the molecule is O[N+]12CC[N+](O)(CC1)c1ccccc12. The minimum Gasteiger partial charge on any atom is -0.211 e. The van der Waals surface area contributed by atoms with Crippen LogP contribution < -0.4 is 9.29 Å². The van der Waals surface area contributed by atoms with E-state index in [1.54, 1.807) is 0 Å². The topological polar surface area (TPSA) is 40.5 Å². The second-order valence-electron chi connectivity index (χ2n) is 4.23. The smallest absolute Gasteiger partial charge is 0.211 e. The highest BCUT2D eigenvalue weighted by Crippen LogP contribution is 2.43. The zero-order valence-corrected chi connectivity index (χ0v) is 7.93. The molecule has 4 nitrogen and oxygen atoms in total. The third kappa shape index (κ3) is 0.861. The molecule has 1 saturated heterocycles. The Morgan fingerprint density at radius 3 is 1.50 bits per heavy atom. The summed E-state index contributed by atoms with van der Waals surface area (Å²) in [7, 11) is 0. The summed E-state index contributed by atoms with van der Waals surface area (Å²) in [6.45, 7) is 2.42. The lowest BCUT2D eigenvalue weighted by Gasteiger charge is -2.46. The highest BCUT2D eigenvalue weighted by Gasteiger charge is 2.54. The van der Waals surface area contributed by atoms with Crippen LogP contribution in [0.15, 0.2) is 24.3 Å². The van der Waals surface area contributed by atoms with E-state index in [2.05, 4.69) is 0 Å². The molecule has 2 bridgehead atoms. The summed E-state index contributed by atoms with van der Waals surface area (Å²) in [5.74, 6) is 0. The van der Waals surface area contributed by atoms with Crippen LogP contribution in [0.25, 0.3) is 0 Å². The fourth-order valence-corrected chi connectivity index (χ4v) is 2.54. The van der Waals surface area contributed by atoms with Crippen molar-refractivity contribution in [3.8, 4) is 0 Å². The maximum absolute atomic E-state index is 10.3. The Bertz CT molecular complexity index is 346. The number of nitrogens with zero attached hydrogens (tertiary/aromatic N) is 2. The van der Waals surface area contributed by atoms with E-state index in [1.807, 2.05) is 24.3 Å². The van der Waals surface area contributed by atoms with Crippen molar-refractivity contribution in [1.82, 2.24) is 9.29 Å². The van der Waals surface area contributed by atoms with Crippen molar-refractivity contribution in [1.29, 1.82) is 0 Å². The van der Waals surface area contributed by atoms with Crippen LogP contribution in [-0.2, 0) is 0 Å². The maximum atomic E-state index is 10.3. The number of rotatable bonds is 0. The van der Waals surface area contributed by atoms with E-state index in [0.717, 1.165) is 11.4 Å². The van der Waals surface area contributed by atoms with E-state index in [9.17, 15) is 10.4 Å². The molecule has 0 amide bonds. The second kappa shape index (κ2) is 2.35. The van der Waals surface area contributed by atoms with E-state index in [0.29, 0.717) is 26.2 Å². The highest BCUT2D eigenvalue weighted by atomic mass is 16.6. The Kier molecular flexibility index (Phi) is 1.41. The van der Waals surface area contributed by atoms with Gasteiger partial charge in [0.1, 0.15) is 0 Å². The number of fused-ring (bicyclic) bond motifs is 2. The molecular weight excluding hydrogens is 180 g/mol. The minimum absolute atomic E-state index is 0.00324. The summed E-state index contributed by atoms with van der Waals surface area (Å²) in [6.07, 6.45) is 0. The normalized spacial score (nSPS) is 39.6. The second-order valence-corrected chi connectivity index (χ2v) is 4.23. The summed E-state index contributed by atoms with van der Waals surface area (Å²) in [5.41, 5.74) is 1.71. The molecule has 2 N–H and O–H groups in total. The van der Waals surface area contributed by atoms with Crippen LogP contribution in [0.2, 0.25) is 0 Å². The molecule has 0 aromatic heterocycles. The van der Waals surface area contributed by atoms with Crippen LogP contribution >= 0.6 is 0 Å². The van der Waals surface area contributed by atoms with Gasteiger partial charge in [0, 0.05) is 12.1 Å². The number of hydrogen-bond donors (Lipinski definition) is 2. The van der Waals surface area contributed by atoms with Gasteiger partial charge in [-0.25, -0.2) is 10.4 Å². The molecule has 3 aliphatic heterocycles. The van der Waals surface area contributed by atoms with Gasteiger partial charge in [-0.2, -0.15) is 0 Å². The Balaban J connectivity index is 2.28. The minimum atomic E-state index is -0.00324. The summed E-state index contributed by atoms with van der Waals surface area (Å²) >= 11 is 0. The van der Waals surface area contributed by atoms with E-state index in [4.69, 9.17) is 0 Å². The van der Waals surface area contributed by atoms with Gasteiger partial charge in [0.25, 0.3) is 0 Å². The number of hydroxylamine groups is 4. The van der Waals surface area contributed by atoms with Crippen LogP contribution in [0, 0.1) is 0 Å². The molecular formula is C10H14N2O2+2. The van der Waals surface area contributed by atoms with Gasteiger partial charge in [-0.1, -0.05) is 12.1 Å². The first-order valence-electron chi connectivity index (χ1n) is 4.94. The van der Waals surface area contributed by atoms with Crippen LogP contribution in [0.5, 0.6) is 0 Å². The van der Waals surface area contributed by atoms with Gasteiger partial charge in [0.05, 0.1) is 0 Å². The summed E-state index contributed by atoms with van der Waals surface area (Å²) in [4.78, 5) is 0. The average molecular weight is 194 g/mol. The van der Waals surface area contributed by atoms with Gasteiger partial charge in [-0.3, -0.25) is 0 Å². The predicted octanol–water partition coefficient (Wildman–Crippen LogP) is 1.11. The van der Waals surface area contributed by atoms with Crippen LogP contribution in [0.4, 0.5) is 11.4 Å². The van der Waals surface area contributed by atoms with Crippen molar-refractivity contribution < 1.29 is 10.4 Å². The number of piperazine rings is 1. The van der Waals surface area contributed by atoms with Gasteiger partial charge < -0.3 is 0 Å². The molecule has 0 radical (unpaired) electrons. The molecule has 0 aliphatic carbocycles. The van der Waals surface area contributed by atoms with Gasteiger partial charge in [0.15, 0.2) is 26.2 Å². The van der Waals surface area contributed by atoms with E-state index in [-0.39, 0.29) is 9.29 Å². The number of quaternary nitrogens is 2. The van der Waals surface area contributed by atoms with Crippen molar-refractivity contribution in [3.05, 3.63) is 24.3 Å². The largest absolute Gasteiger partial charge is 0.230 e. The molecule has 14 heavy (non-hydrogen) atoms. The van der Waals surface area contributed by atoms with Crippen molar-refractivity contribution in [2.75, 3.05) is 26.2 Å². The Hall–Kier alpha value is -0.940. The summed E-state index contributed by atoms with van der Waals surface area (Å²) in [5, 5.41) is 20.6. The number of hydrogen-bond acceptors (Lipinski definition) is 2. The first-order valence-corrected chi connectivity index (χ1v) is 4.94. The predicted molar refractivity (Wildman–Crippen MR) is 53.1 cm³/mol. The molecule has 0 unspecified atom stereocenters. The fraction of sp³-hybridized carbons (Fsp3) is 0.400. The summed E-state index contributed by atoms with van der Waals surface area (Å²) in [6, 6.07) is 7.61. The molecule has 3 heterocycles. The van der Waals surface area contributed by atoms with Gasteiger partial charge in [0.2, 0.25) is 11.4 Å². The summed E-state index contributed by atoms with van der Waals surface area (Å²) < 4.78 is -0.00648. The Labute approximate surface area is 82.3 Å². The van der Waals surface area contributed by atoms with Crippen LogP contribution in [0.1, 0.15) is 0 Å². The van der Waals surface area contributed by atoms with Gasteiger partial charge in [-0.05, 0) is 0 Å². The zero-order chi connectivity index (χ0) is 9.81. The molecule has 74 valence electrons. The van der Waals surface area contributed by atoms with Crippen molar-refractivity contribution >= 4 is 11.4 Å². The lowest BCUT2D eigenvalue weighted by Crippen LogP contribution is -2.70. The standard InChI is InChI=1S/C10H14N2O2/c13-11-5-7-12(14,8-6-11)10-4-2-1-3-9(10)11/h1-4,13-14H,5-8H2/q+2. The average Bonchev–Trinajstić information content (AvgIpc) is 2.22. The molecule has 1 fully saturated rings. The molecule has 0 spiro atoms. The van der Waals surface area contributed by atoms with E-state index >= 15 is 0 Å². The molecule has 0 atom stereocenters. The molecule has 4 heteroatoms. The quantitative estimate of drug-likeness (QED) is 0.607. The van der Waals surface area contributed by atoms with E-state index in [1.165, 1.54) is 0 Å². The first-order chi connectivity index (χ1) is 6.64. The van der Waals surface area contributed by atoms with Gasteiger partial charge >= 0.3 is 0 Å². The van der Waals surface area contributed by atoms with Crippen molar-refractivity contribution in [2.24, 2.45) is 0 Å². The van der Waals surface area contributed by atoms with Crippen molar-refractivity contribution in [3.63, 3.8) is 0 Å². The van der Waals surface area contributed by atoms with Gasteiger partial charge in [-0.15, -0.1) is 9.29 Å². The van der Waals surface area contributed by atoms with Crippen molar-refractivity contribution in [2.45, 2.75) is 0 Å². The Morgan fingerprint density at radius 1 is 0.786 bits per heavy atom. The third-order valence-electron chi connectivity index (χ3n) is 3.46. The number of benzene rings is 1. The maximum Gasteiger partial charge on any atom is 0.230 e. The lowest BCUT2D eigenvalue weighted by atomic mass is 10.1. The monoisotopic (exact) mass is 194 g/mol.